The molecule has 1 saturated heterocycles. The zero-order valence-electron chi connectivity index (χ0n) is 14.3. The number of imidazole rings is 1. The molecule has 1 fully saturated rings. The van der Waals surface area contributed by atoms with Crippen molar-refractivity contribution in [3.63, 3.8) is 0 Å². The largest absolute Gasteiger partial charge is 0.399 e. The molecule has 3 rings (SSSR count). The number of aromatic nitrogens is 2. The third-order valence-corrected chi connectivity index (χ3v) is 4.71. The lowest BCUT2D eigenvalue weighted by molar-refractivity contribution is -0.671. The Kier molecular flexibility index (Phi) is 4.86. The molecule has 23 heavy (non-hydrogen) atoms. The van der Waals surface area contributed by atoms with Crippen molar-refractivity contribution in [2.45, 2.75) is 19.9 Å². The molecule has 2 aromatic rings. The Balaban J connectivity index is 1.55. The molecule has 1 aliphatic rings. The van der Waals surface area contributed by atoms with Gasteiger partial charge in [0.05, 0.1) is 7.05 Å². The van der Waals surface area contributed by atoms with E-state index >= 15 is 0 Å². The average molecular weight is 314 g/mol. The summed E-state index contributed by atoms with van der Waals surface area (Å²) in [5, 5.41) is 0. The van der Waals surface area contributed by atoms with Crippen molar-refractivity contribution in [3.8, 4) is 0 Å². The van der Waals surface area contributed by atoms with Crippen molar-refractivity contribution in [2.24, 2.45) is 7.05 Å². The summed E-state index contributed by atoms with van der Waals surface area (Å²) in [4.78, 5) is 5.06. The minimum Gasteiger partial charge on any atom is -0.399 e. The number of nitrogens with zero attached hydrogens (tertiary/aromatic N) is 4. The van der Waals surface area contributed by atoms with E-state index in [0.717, 1.165) is 38.4 Å². The van der Waals surface area contributed by atoms with Gasteiger partial charge in [0.2, 0.25) is 6.33 Å². The van der Waals surface area contributed by atoms with Gasteiger partial charge >= 0.3 is 0 Å². The summed E-state index contributed by atoms with van der Waals surface area (Å²) in [6, 6.07) is 6.39. The molecule has 0 amide bonds. The Morgan fingerprint density at radius 1 is 1.13 bits per heavy atom. The normalized spacial score (nSPS) is 16.5. The standard InChI is InChI=1S/C18H28N5/c1-16-14-17(4-5-18(16)19)23-7-3-6-21(12-13-23)10-11-22-9-8-20(2)15-22/h4-5,8-9,14-15H,3,6-7,10-13,19H2,1-2H3/q+1. The molecular weight excluding hydrogens is 286 g/mol. The lowest BCUT2D eigenvalue weighted by atomic mass is 10.1. The summed E-state index contributed by atoms with van der Waals surface area (Å²) in [7, 11) is 2.06. The molecule has 0 aliphatic carbocycles. The summed E-state index contributed by atoms with van der Waals surface area (Å²) in [6.45, 7) is 8.76. The number of hydrogen-bond donors (Lipinski definition) is 1. The SMILES string of the molecule is Cc1cc(N2CCCN(CCn3cc[n+](C)c3)CC2)ccc1N. The first-order chi connectivity index (χ1) is 11.1. The summed E-state index contributed by atoms with van der Waals surface area (Å²) < 4.78 is 4.35. The van der Waals surface area contributed by atoms with E-state index in [4.69, 9.17) is 5.73 Å². The number of aryl methyl sites for hydroxylation is 2. The molecule has 5 nitrogen and oxygen atoms in total. The fourth-order valence-electron chi connectivity index (χ4n) is 3.20. The van der Waals surface area contributed by atoms with Crippen LogP contribution in [-0.4, -0.2) is 42.2 Å². The summed E-state index contributed by atoms with van der Waals surface area (Å²) in [5.74, 6) is 0. The van der Waals surface area contributed by atoms with Crippen LogP contribution in [-0.2, 0) is 13.6 Å². The van der Waals surface area contributed by atoms with Gasteiger partial charge in [-0.05, 0) is 37.1 Å². The summed E-state index contributed by atoms with van der Waals surface area (Å²) >= 11 is 0. The third kappa shape index (κ3) is 4.05. The lowest BCUT2D eigenvalue weighted by Gasteiger charge is -2.24. The molecule has 1 aliphatic heterocycles. The summed E-state index contributed by atoms with van der Waals surface area (Å²) in [6.07, 6.45) is 7.58. The zero-order chi connectivity index (χ0) is 16.2. The van der Waals surface area contributed by atoms with E-state index in [2.05, 4.69) is 63.8 Å². The second-order valence-corrected chi connectivity index (χ2v) is 6.54. The number of hydrogen-bond acceptors (Lipinski definition) is 3. The first kappa shape index (κ1) is 15.9. The maximum Gasteiger partial charge on any atom is 0.243 e. The highest BCUT2D eigenvalue weighted by molar-refractivity contribution is 5.58. The first-order valence-corrected chi connectivity index (χ1v) is 8.46. The highest BCUT2D eigenvalue weighted by Crippen LogP contribution is 2.21. The molecule has 0 bridgehead atoms. The highest BCUT2D eigenvalue weighted by Gasteiger charge is 2.16. The molecular formula is C18H28N5+. The van der Waals surface area contributed by atoms with Gasteiger partial charge in [0.1, 0.15) is 18.9 Å². The van der Waals surface area contributed by atoms with Crippen molar-refractivity contribution >= 4 is 11.4 Å². The minimum absolute atomic E-state index is 0.880. The molecule has 0 atom stereocenters. The van der Waals surface area contributed by atoms with Gasteiger partial charge in [0.25, 0.3) is 0 Å². The van der Waals surface area contributed by atoms with Gasteiger partial charge < -0.3 is 10.6 Å². The second-order valence-electron chi connectivity index (χ2n) is 6.54. The van der Waals surface area contributed by atoms with Crippen LogP contribution < -0.4 is 15.2 Å². The Bertz CT molecular complexity index is 649. The third-order valence-electron chi connectivity index (χ3n) is 4.71. The van der Waals surface area contributed by atoms with Gasteiger partial charge in [-0.25, -0.2) is 9.13 Å². The van der Waals surface area contributed by atoms with E-state index < -0.39 is 0 Å². The number of nitrogen functional groups attached to an aromatic ring is 1. The molecule has 5 heteroatoms. The van der Waals surface area contributed by atoms with Gasteiger partial charge in [0, 0.05) is 44.1 Å². The Labute approximate surface area is 138 Å². The molecule has 124 valence electrons. The van der Waals surface area contributed by atoms with E-state index in [0.29, 0.717) is 0 Å². The summed E-state index contributed by atoms with van der Waals surface area (Å²) in [5.41, 5.74) is 9.29. The quantitative estimate of drug-likeness (QED) is 0.685. The van der Waals surface area contributed by atoms with Crippen LogP contribution in [0.3, 0.4) is 0 Å². The van der Waals surface area contributed by atoms with Gasteiger partial charge in [0.15, 0.2) is 0 Å². The molecule has 0 radical (unpaired) electrons. The highest BCUT2D eigenvalue weighted by atomic mass is 15.2. The lowest BCUT2D eigenvalue weighted by Crippen LogP contribution is -2.33. The van der Waals surface area contributed by atoms with Crippen molar-refractivity contribution < 1.29 is 4.57 Å². The Morgan fingerprint density at radius 2 is 2.00 bits per heavy atom. The Hall–Kier alpha value is -2.01. The van der Waals surface area contributed by atoms with Gasteiger partial charge in [-0.15, -0.1) is 0 Å². The molecule has 2 heterocycles. The van der Waals surface area contributed by atoms with Crippen LogP contribution in [0.5, 0.6) is 0 Å². The van der Waals surface area contributed by atoms with E-state index in [-0.39, 0.29) is 0 Å². The topological polar surface area (TPSA) is 41.3 Å². The van der Waals surface area contributed by atoms with Crippen LogP contribution >= 0.6 is 0 Å². The van der Waals surface area contributed by atoms with Crippen LogP contribution in [0.15, 0.2) is 36.9 Å². The van der Waals surface area contributed by atoms with Gasteiger partial charge in [-0.2, -0.15) is 0 Å². The Morgan fingerprint density at radius 3 is 2.74 bits per heavy atom. The van der Waals surface area contributed by atoms with E-state index in [1.165, 1.54) is 24.2 Å². The minimum atomic E-state index is 0.880. The van der Waals surface area contributed by atoms with Gasteiger partial charge in [-0.3, -0.25) is 4.90 Å². The molecule has 0 saturated carbocycles. The maximum absolute atomic E-state index is 5.94. The average Bonchev–Trinajstić information content (AvgIpc) is 2.81. The van der Waals surface area contributed by atoms with Crippen LogP contribution in [0.25, 0.3) is 0 Å². The molecule has 1 aromatic heterocycles. The van der Waals surface area contributed by atoms with Crippen molar-refractivity contribution in [1.82, 2.24) is 9.47 Å². The number of anilines is 2. The molecule has 0 unspecified atom stereocenters. The molecule has 2 N–H and O–H groups in total. The predicted molar refractivity (Wildman–Crippen MR) is 94.5 cm³/mol. The van der Waals surface area contributed by atoms with Crippen molar-refractivity contribution in [3.05, 3.63) is 42.5 Å². The second kappa shape index (κ2) is 7.04. The van der Waals surface area contributed by atoms with Crippen LogP contribution in [0.1, 0.15) is 12.0 Å². The maximum atomic E-state index is 5.94. The van der Waals surface area contributed by atoms with E-state index in [9.17, 15) is 0 Å². The monoisotopic (exact) mass is 314 g/mol. The van der Waals surface area contributed by atoms with Crippen molar-refractivity contribution in [1.29, 1.82) is 0 Å². The smallest absolute Gasteiger partial charge is 0.243 e. The number of nitrogens with two attached hydrogens (primary N) is 1. The predicted octanol–water partition coefficient (Wildman–Crippen LogP) is 1.42. The molecule has 0 spiro atoms. The fourth-order valence-corrected chi connectivity index (χ4v) is 3.20. The molecule has 1 aromatic carbocycles. The fraction of sp³-hybridized carbons (Fsp3) is 0.500. The number of rotatable bonds is 4. The van der Waals surface area contributed by atoms with Crippen LogP contribution in [0, 0.1) is 6.92 Å². The van der Waals surface area contributed by atoms with Crippen molar-refractivity contribution in [2.75, 3.05) is 43.4 Å². The first-order valence-electron chi connectivity index (χ1n) is 8.46. The van der Waals surface area contributed by atoms with Gasteiger partial charge in [-0.1, -0.05) is 0 Å². The zero-order valence-corrected chi connectivity index (χ0v) is 14.3. The number of benzene rings is 1. The van der Waals surface area contributed by atoms with E-state index in [1.807, 2.05) is 6.07 Å². The van der Waals surface area contributed by atoms with Crippen LogP contribution in [0.2, 0.25) is 0 Å². The van der Waals surface area contributed by atoms with Crippen LogP contribution in [0.4, 0.5) is 11.4 Å². The van der Waals surface area contributed by atoms with E-state index in [1.54, 1.807) is 0 Å².